The molecule has 0 fully saturated rings. The molecule has 0 saturated carbocycles. The van der Waals surface area contributed by atoms with E-state index in [2.05, 4.69) is 19.2 Å². The van der Waals surface area contributed by atoms with Crippen molar-refractivity contribution in [3.63, 3.8) is 0 Å². The summed E-state index contributed by atoms with van der Waals surface area (Å²) in [5.74, 6) is 2.12. The zero-order valence-electron chi connectivity index (χ0n) is 13.0. The van der Waals surface area contributed by atoms with Crippen LogP contribution in [0.5, 0.6) is 11.5 Å². The van der Waals surface area contributed by atoms with Crippen molar-refractivity contribution in [2.24, 2.45) is 5.92 Å². The Hall–Kier alpha value is -1.26. The highest BCUT2D eigenvalue weighted by molar-refractivity contribution is 5.46. The van der Waals surface area contributed by atoms with Crippen molar-refractivity contribution in [3.05, 3.63) is 23.8 Å². The second kappa shape index (κ2) is 8.82. The summed E-state index contributed by atoms with van der Waals surface area (Å²) in [7, 11) is 1.64. The molecule has 0 aliphatic carbocycles. The van der Waals surface area contributed by atoms with E-state index in [9.17, 15) is 5.11 Å². The standard InChI is InChI=1S/C16H27NO3/c1-12(2)10-17-11-14-6-5-7-15(19-4)16(14)20-9-8-13(3)18/h5-7,12-13,17-18H,8-11H2,1-4H3. The Labute approximate surface area is 122 Å². The first kappa shape index (κ1) is 16.8. The zero-order valence-corrected chi connectivity index (χ0v) is 13.0. The highest BCUT2D eigenvalue weighted by Crippen LogP contribution is 2.31. The fraction of sp³-hybridized carbons (Fsp3) is 0.625. The van der Waals surface area contributed by atoms with Gasteiger partial charge < -0.3 is 19.9 Å². The summed E-state index contributed by atoms with van der Waals surface area (Å²) in [5.41, 5.74) is 1.08. The molecule has 0 saturated heterocycles. The quantitative estimate of drug-likeness (QED) is 0.730. The molecule has 0 amide bonds. The van der Waals surface area contributed by atoms with Gasteiger partial charge in [-0.05, 0) is 25.5 Å². The van der Waals surface area contributed by atoms with Gasteiger partial charge in [0, 0.05) is 18.5 Å². The maximum Gasteiger partial charge on any atom is 0.165 e. The molecule has 4 heteroatoms. The van der Waals surface area contributed by atoms with Crippen molar-refractivity contribution in [2.75, 3.05) is 20.3 Å². The molecule has 1 unspecified atom stereocenters. The van der Waals surface area contributed by atoms with Gasteiger partial charge in [0.25, 0.3) is 0 Å². The lowest BCUT2D eigenvalue weighted by atomic mass is 10.1. The van der Waals surface area contributed by atoms with Gasteiger partial charge in [-0.15, -0.1) is 0 Å². The van der Waals surface area contributed by atoms with E-state index >= 15 is 0 Å². The lowest BCUT2D eigenvalue weighted by molar-refractivity contribution is 0.153. The monoisotopic (exact) mass is 281 g/mol. The van der Waals surface area contributed by atoms with Crippen LogP contribution < -0.4 is 14.8 Å². The molecular weight excluding hydrogens is 254 g/mol. The number of nitrogens with one attached hydrogen (secondary N) is 1. The van der Waals surface area contributed by atoms with Gasteiger partial charge >= 0.3 is 0 Å². The van der Waals surface area contributed by atoms with Crippen molar-refractivity contribution in [1.82, 2.24) is 5.32 Å². The molecule has 20 heavy (non-hydrogen) atoms. The third-order valence-electron chi connectivity index (χ3n) is 2.93. The Morgan fingerprint density at radius 1 is 1.25 bits per heavy atom. The molecule has 0 heterocycles. The lowest BCUT2D eigenvalue weighted by Crippen LogP contribution is -2.19. The maximum absolute atomic E-state index is 9.31. The molecule has 0 aliphatic rings. The molecule has 1 atom stereocenters. The highest BCUT2D eigenvalue weighted by Gasteiger charge is 2.11. The Morgan fingerprint density at radius 2 is 2.00 bits per heavy atom. The number of benzene rings is 1. The Bertz CT molecular complexity index is 391. The minimum absolute atomic E-state index is 0.354. The van der Waals surface area contributed by atoms with Crippen LogP contribution in [0, 0.1) is 5.92 Å². The Balaban J connectivity index is 2.70. The topological polar surface area (TPSA) is 50.7 Å². The van der Waals surface area contributed by atoms with Crippen molar-refractivity contribution < 1.29 is 14.6 Å². The summed E-state index contributed by atoms with van der Waals surface area (Å²) in [6.07, 6.45) is 0.254. The third-order valence-corrected chi connectivity index (χ3v) is 2.93. The van der Waals surface area contributed by atoms with Crippen molar-refractivity contribution >= 4 is 0 Å². The number of hydrogen-bond donors (Lipinski definition) is 2. The number of rotatable bonds is 9. The number of hydrogen-bond acceptors (Lipinski definition) is 4. The van der Waals surface area contributed by atoms with E-state index in [1.807, 2.05) is 18.2 Å². The van der Waals surface area contributed by atoms with Gasteiger partial charge in [0.1, 0.15) is 0 Å². The maximum atomic E-state index is 9.31. The SMILES string of the molecule is COc1cccc(CNCC(C)C)c1OCCC(C)O. The van der Waals surface area contributed by atoms with Gasteiger partial charge in [0.05, 0.1) is 19.8 Å². The first-order valence-corrected chi connectivity index (χ1v) is 7.22. The number of ether oxygens (including phenoxy) is 2. The van der Waals surface area contributed by atoms with Gasteiger partial charge in [0.2, 0.25) is 0 Å². The van der Waals surface area contributed by atoms with E-state index in [0.717, 1.165) is 30.2 Å². The van der Waals surface area contributed by atoms with Crippen LogP contribution >= 0.6 is 0 Å². The molecule has 1 aromatic rings. The second-order valence-corrected chi connectivity index (χ2v) is 5.46. The molecule has 114 valence electrons. The largest absolute Gasteiger partial charge is 0.493 e. The van der Waals surface area contributed by atoms with Crippen LogP contribution in [0.3, 0.4) is 0 Å². The zero-order chi connectivity index (χ0) is 15.0. The minimum atomic E-state index is -0.354. The van der Waals surface area contributed by atoms with Gasteiger partial charge in [-0.1, -0.05) is 26.0 Å². The van der Waals surface area contributed by atoms with Crippen molar-refractivity contribution in [3.8, 4) is 11.5 Å². The summed E-state index contributed by atoms with van der Waals surface area (Å²) < 4.78 is 11.2. The van der Waals surface area contributed by atoms with Crippen LogP contribution in [0.4, 0.5) is 0 Å². The van der Waals surface area contributed by atoms with Gasteiger partial charge in [-0.3, -0.25) is 0 Å². The lowest BCUT2D eigenvalue weighted by Gasteiger charge is -2.16. The molecule has 0 aliphatic heterocycles. The molecular formula is C16H27NO3. The summed E-state index contributed by atoms with van der Waals surface area (Å²) in [6, 6.07) is 5.89. The Morgan fingerprint density at radius 3 is 2.60 bits per heavy atom. The Kier molecular flexibility index (Phi) is 7.41. The molecule has 0 bridgehead atoms. The van der Waals surface area contributed by atoms with Crippen LogP contribution in [-0.2, 0) is 6.54 Å². The van der Waals surface area contributed by atoms with E-state index in [4.69, 9.17) is 9.47 Å². The summed E-state index contributed by atoms with van der Waals surface area (Å²) >= 11 is 0. The van der Waals surface area contributed by atoms with E-state index in [1.165, 1.54) is 0 Å². The van der Waals surface area contributed by atoms with Crippen molar-refractivity contribution in [1.29, 1.82) is 0 Å². The predicted molar refractivity (Wildman–Crippen MR) is 81.3 cm³/mol. The smallest absolute Gasteiger partial charge is 0.165 e. The van der Waals surface area contributed by atoms with E-state index in [0.29, 0.717) is 18.9 Å². The van der Waals surface area contributed by atoms with E-state index in [-0.39, 0.29) is 6.10 Å². The molecule has 0 radical (unpaired) electrons. The van der Waals surface area contributed by atoms with Gasteiger partial charge in [-0.25, -0.2) is 0 Å². The van der Waals surface area contributed by atoms with Gasteiger partial charge in [0.15, 0.2) is 11.5 Å². The van der Waals surface area contributed by atoms with E-state index in [1.54, 1.807) is 14.0 Å². The summed E-state index contributed by atoms with van der Waals surface area (Å²) in [5, 5.41) is 12.7. The first-order valence-electron chi connectivity index (χ1n) is 7.22. The summed E-state index contributed by atoms with van der Waals surface area (Å²) in [6.45, 7) is 8.31. The molecule has 4 nitrogen and oxygen atoms in total. The minimum Gasteiger partial charge on any atom is -0.493 e. The molecule has 1 rings (SSSR count). The number of aliphatic hydroxyl groups is 1. The number of methoxy groups -OCH3 is 1. The third kappa shape index (κ3) is 5.80. The van der Waals surface area contributed by atoms with Crippen molar-refractivity contribution in [2.45, 2.75) is 39.8 Å². The fourth-order valence-corrected chi connectivity index (χ4v) is 1.85. The molecule has 2 N–H and O–H groups in total. The average molecular weight is 281 g/mol. The van der Waals surface area contributed by atoms with E-state index < -0.39 is 0 Å². The second-order valence-electron chi connectivity index (χ2n) is 5.46. The van der Waals surface area contributed by atoms with Crippen LogP contribution in [0.2, 0.25) is 0 Å². The number of aliphatic hydroxyl groups excluding tert-OH is 1. The average Bonchev–Trinajstić information content (AvgIpc) is 2.39. The normalized spacial score (nSPS) is 12.5. The molecule has 0 aromatic heterocycles. The fourth-order valence-electron chi connectivity index (χ4n) is 1.85. The predicted octanol–water partition coefficient (Wildman–Crippen LogP) is 2.59. The van der Waals surface area contributed by atoms with Crippen LogP contribution in [-0.4, -0.2) is 31.5 Å². The number of para-hydroxylation sites is 1. The van der Waals surface area contributed by atoms with Crippen LogP contribution in [0.1, 0.15) is 32.8 Å². The van der Waals surface area contributed by atoms with Gasteiger partial charge in [-0.2, -0.15) is 0 Å². The molecule has 0 spiro atoms. The van der Waals surface area contributed by atoms with Crippen LogP contribution in [0.15, 0.2) is 18.2 Å². The van der Waals surface area contributed by atoms with Crippen LogP contribution in [0.25, 0.3) is 0 Å². The summed E-state index contributed by atoms with van der Waals surface area (Å²) in [4.78, 5) is 0. The highest BCUT2D eigenvalue weighted by atomic mass is 16.5. The first-order chi connectivity index (χ1) is 9.54. The molecule has 1 aromatic carbocycles.